The first-order valence-corrected chi connectivity index (χ1v) is 8.35. The van der Waals surface area contributed by atoms with Crippen LogP contribution in [0.4, 0.5) is 0 Å². The van der Waals surface area contributed by atoms with Gasteiger partial charge in [0.25, 0.3) is 0 Å². The standard InChI is InChI=1S/C22H19N3/c1-16-8-6-7-11-20(16)22-24-23-21(25(22)2)19-14-12-18(13-15-19)17-9-4-3-5-10-17/h3-15H,1-2H3. The number of hydrogen-bond donors (Lipinski definition) is 0. The Bertz CT molecular complexity index is 999. The van der Waals surface area contributed by atoms with Crippen molar-refractivity contribution in [1.29, 1.82) is 0 Å². The summed E-state index contributed by atoms with van der Waals surface area (Å²) >= 11 is 0. The van der Waals surface area contributed by atoms with E-state index in [-0.39, 0.29) is 0 Å². The lowest BCUT2D eigenvalue weighted by Crippen LogP contribution is -1.97. The van der Waals surface area contributed by atoms with Gasteiger partial charge in [0.2, 0.25) is 0 Å². The van der Waals surface area contributed by atoms with Crippen molar-refractivity contribution in [3.05, 3.63) is 84.4 Å². The van der Waals surface area contributed by atoms with Gasteiger partial charge in [-0.3, -0.25) is 0 Å². The van der Waals surface area contributed by atoms with Crippen molar-refractivity contribution in [3.63, 3.8) is 0 Å². The molecule has 0 amide bonds. The molecule has 122 valence electrons. The van der Waals surface area contributed by atoms with E-state index >= 15 is 0 Å². The van der Waals surface area contributed by atoms with Gasteiger partial charge in [0, 0.05) is 18.2 Å². The van der Waals surface area contributed by atoms with E-state index in [0.717, 1.165) is 22.8 Å². The maximum absolute atomic E-state index is 4.42. The summed E-state index contributed by atoms with van der Waals surface area (Å²) in [5.74, 6) is 1.76. The van der Waals surface area contributed by atoms with Crippen molar-refractivity contribution in [2.24, 2.45) is 7.05 Å². The van der Waals surface area contributed by atoms with Crippen LogP contribution < -0.4 is 0 Å². The Balaban J connectivity index is 1.71. The molecular weight excluding hydrogens is 306 g/mol. The van der Waals surface area contributed by atoms with Crippen molar-refractivity contribution in [1.82, 2.24) is 14.8 Å². The summed E-state index contributed by atoms with van der Waals surface area (Å²) in [6.07, 6.45) is 0. The Labute approximate surface area is 147 Å². The lowest BCUT2D eigenvalue weighted by Gasteiger charge is -2.07. The molecule has 3 nitrogen and oxygen atoms in total. The summed E-state index contributed by atoms with van der Waals surface area (Å²) in [7, 11) is 2.02. The minimum Gasteiger partial charge on any atom is -0.310 e. The minimum atomic E-state index is 0.873. The van der Waals surface area contributed by atoms with Crippen molar-refractivity contribution in [2.75, 3.05) is 0 Å². The molecular formula is C22H19N3. The fourth-order valence-corrected chi connectivity index (χ4v) is 3.08. The Morgan fingerprint density at radius 3 is 1.88 bits per heavy atom. The molecule has 0 bridgehead atoms. The predicted molar refractivity (Wildman–Crippen MR) is 102 cm³/mol. The van der Waals surface area contributed by atoms with E-state index in [9.17, 15) is 0 Å². The average molecular weight is 325 g/mol. The summed E-state index contributed by atoms with van der Waals surface area (Å²) in [6, 6.07) is 27.1. The van der Waals surface area contributed by atoms with Gasteiger partial charge in [0.1, 0.15) is 0 Å². The number of rotatable bonds is 3. The quantitative estimate of drug-likeness (QED) is 0.523. The van der Waals surface area contributed by atoms with Gasteiger partial charge in [-0.2, -0.15) is 0 Å². The average Bonchev–Trinajstić information content (AvgIpc) is 3.04. The van der Waals surface area contributed by atoms with E-state index in [1.807, 2.05) is 25.2 Å². The molecule has 0 saturated heterocycles. The highest BCUT2D eigenvalue weighted by atomic mass is 15.3. The van der Waals surface area contributed by atoms with E-state index in [0.29, 0.717) is 0 Å². The molecule has 1 aromatic heterocycles. The van der Waals surface area contributed by atoms with Crippen LogP contribution in [0.3, 0.4) is 0 Å². The first-order valence-electron chi connectivity index (χ1n) is 8.35. The second-order valence-corrected chi connectivity index (χ2v) is 6.16. The molecule has 25 heavy (non-hydrogen) atoms. The van der Waals surface area contributed by atoms with Crippen LogP contribution in [-0.2, 0) is 7.05 Å². The third kappa shape index (κ3) is 2.85. The summed E-state index contributed by atoms with van der Waals surface area (Å²) in [5.41, 5.74) is 5.79. The maximum atomic E-state index is 4.42. The molecule has 0 saturated carbocycles. The lowest BCUT2D eigenvalue weighted by atomic mass is 10.0. The second-order valence-electron chi connectivity index (χ2n) is 6.16. The molecule has 0 aliphatic rings. The highest BCUT2D eigenvalue weighted by molar-refractivity contribution is 5.69. The van der Waals surface area contributed by atoms with Crippen LogP contribution in [0.5, 0.6) is 0 Å². The SMILES string of the molecule is Cc1ccccc1-c1nnc(-c2ccc(-c3ccccc3)cc2)n1C. The molecule has 0 aliphatic carbocycles. The van der Waals surface area contributed by atoms with Crippen LogP contribution >= 0.6 is 0 Å². The topological polar surface area (TPSA) is 30.7 Å². The van der Waals surface area contributed by atoms with Crippen molar-refractivity contribution in [2.45, 2.75) is 6.92 Å². The lowest BCUT2D eigenvalue weighted by molar-refractivity contribution is 0.928. The fourth-order valence-electron chi connectivity index (χ4n) is 3.08. The first kappa shape index (κ1) is 15.3. The summed E-state index contributed by atoms with van der Waals surface area (Å²) in [4.78, 5) is 0. The monoisotopic (exact) mass is 325 g/mol. The molecule has 0 atom stereocenters. The predicted octanol–water partition coefficient (Wildman–Crippen LogP) is 5.12. The van der Waals surface area contributed by atoms with Crippen molar-refractivity contribution >= 4 is 0 Å². The van der Waals surface area contributed by atoms with Gasteiger partial charge >= 0.3 is 0 Å². The Hall–Kier alpha value is -3.20. The van der Waals surface area contributed by atoms with Gasteiger partial charge in [0.05, 0.1) is 0 Å². The number of hydrogen-bond acceptors (Lipinski definition) is 2. The molecule has 3 heteroatoms. The molecule has 1 heterocycles. The summed E-state index contributed by atoms with van der Waals surface area (Å²) in [6.45, 7) is 2.10. The highest BCUT2D eigenvalue weighted by Gasteiger charge is 2.13. The maximum Gasteiger partial charge on any atom is 0.164 e. The van der Waals surface area contributed by atoms with Crippen LogP contribution in [0.25, 0.3) is 33.9 Å². The van der Waals surface area contributed by atoms with Gasteiger partial charge in [0.15, 0.2) is 11.6 Å². The second kappa shape index (κ2) is 6.36. The summed E-state index contributed by atoms with van der Waals surface area (Å²) < 4.78 is 2.06. The van der Waals surface area contributed by atoms with E-state index in [1.54, 1.807) is 0 Å². The van der Waals surface area contributed by atoms with Crippen LogP contribution in [0.15, 0.2) is 78.9 Å². The van der Waals surface area contributed by atoms with Crippen LogP contribution in [-0.4, -0.2) is 14.8 Å². The molecule has 0 radical (unpaired) electrons. The fraction of sp³-hybridized carbons (Fsp3) is 0.0909. The third-order valence-electron chi connectivity index (χ3n) is 4.51. The normalized spacial score (nSPS) is 10.8. The molecule has 0 spiro atoms. The highest BCUT2D eigenvalue weighted by Crippen LogP contribution is 2.27. The Kier molecular flexibility index (Phi) is 3.90. The Morgan fingerprint density at radius 2 is 1.16 bits per heavy atom. The van der Waals surface area contributed by atoms with Gasteiger partial charge in [-0.1, -0.05) is 78.9 Å². The van der Waals surface area contributed by atoms with E-state index in [1.165, 1.54) is 16.7 Å². The third-order valence-corrected chi connectivity index (χ3v) is 4.51. The molecule has 0 N–H and O–H groups in total. The van der Waals surface area contributed by atoms with E-state index < -0.39 is 0 Å². The first-order chi connectivity index (χ1) is 12.2. The van der Waals surface area contributed by atoms with Gasteiger partial charge in [-0.05, 0) is 23.6 Å². The van der Waals surface area contributed by atoms with Crippen molar-refractivity contribution in [3.8, 4) is 33.9 Å². The molecule has 4 aromatic rings. The van der Waals surface area contributed by atoms with Crippen LogP contribution in [0, 0.1) is 6.92 Å². The molecule has 0 fully saturated rings. The zero-order valence-corrected chi connectivity index (χ0v) is 14.3. The smallest absolute Gasteiger partial charge is 0.164 e. The molecule has 0 unspecified atom stereocenters. The summed E-state index contributed by atoms with van der Waals surface area (Å²) in [5, 5.41) is 8.84. The zero-order chi connectivity index (χ0) is 17.2. The Morgan fingerprint density at radius 1 is 0.600 bits per heavy atom. The van der Waals surface area contributed by atoms with Crippen LogP contribution in [0.2, 0.25) is 0 Å². The van der Waals surface area contributed by atoms with Gasteiger partial charge < -0.3 is 4.57 Å². The van der Waals surface area contributed by atoms with E-state index in [4.69, 9.17) is 0 Å². The number of benzene rings is 3. The number of aryl methyl sites for hydroxylation is 1. The van der Waals surface area contributed by atoms with Crippen molar-refractivity contribution < 1.29 is 0 Å². The zero-order valence-electron chi connectivity index (χ0n) is 14.3. The molecule has 3 aromatic carbocycles. The number of nitrogens with zero attached hydrogens (tertiary/aromatic N) is 3. The largest absolute Gasteiger partial charge is 0.310 e. The van der Waals surface area contributed by atoms with Gasteiger partial charge in [-0.25, -0.2) is 0 Å². The molecule has 0 aliphatic heterocycles. The van der Waals surface area contributed by atoms with Gasteiger partial charge in [-0.15, -0.1) is 10.2 Å². The minimum absolute atomic E-state index is 0.873. The van der Waals surface area contributed by atoms with Crippen LogP contribution in [0.1, 0.15) is 5.56 Å². The molecule has 4 rings (SSSR count). The number of aromatic nitrogens is 3. The van der Waals surface area contributed by atoms with E-state index in [2.05, 4.69) is 82.4 Å².